The highest BCUT2D eigenvalue weighted by Gasteiger charge is 2.19. The van der Waals surface area contributed by atoms with Crippen LogP contribution in [0.5, 0.6) is 0 Å². The lowest BCUT2D eigenvalue weighted by molar-refractivity contribution is 0.0529. The summed E-state index contributed by atoms with van der Waals surface area (Å²) in [4.78, 5) is 6.74. The number of morpholine rings is 1. The van der Waals surface area contributed by atoms with E-state index in [2.05, 4.69) is 16.8 Å². The number of hydrogen-bond donors (Lipinski definition) is 2. The Bertz CT molecular complexity index is 1020. The number of nitrogen functional groups attached to an aromatic ring is 1. The van der Waals surface area contributed by atoms with Crippen molar-refractivity contribution in [3.05, 3.63) is 42.1 Å². The van der Waals surface area contributed by atoms with Gasteiger partial charge in [0.25, 0.3) is 0 Å². The lowest BCUT2D eigenvalue weighted by Crippen LogP contribution is -2.41. The Morgan fingerprint density at radius 3 is 2.86 bits per heavy atom. The van der Waals surface area contributed by atoms with E-state index < -0.39 is 0 Å². The van der Waals surface area contributed by atoms with Gasteiger partial charge in [0.15, 0.2) is 5.65 Å². The first-order valence-electron chi connectivity index (χ1n) is 9.64. The van der Waals surface area contributed by atoms with Crippen molar-refractivity contribution in [3.8, 4) is 11.3 Å². The van der Waals surface area contributed by atoms with Gasteiger partial charge in [-0.15, -0.1) is 5.10 Å². The largest absolute Gasteiger partial charge is 0.398 e. The smallest absolute Gasteiger partial charge is 0.154 e. The van der Waals surface area contributed by atoms with E-state index in [-0.39, 0.29) is 12.0 Å². The molecule has 1 atom stereocenters. The summed E-state index contributed by atoms with van der Waals surface area (Å²) in [7, 11) is 0. The Labute approximate surface area is 164 Å². The van der Waals surface area contributed by atoms with Crippen molar-refractivity contribution in [2.24, 2.45) is 5.92 Å². The molecule has 7 heteroatoms. The lowest BCUT2D eigenvalue weighted by atomic mass is 9.96. The van der Waals surface area contributed by atoms with Crippen molar-refractivity contribution >= 4 is 22.9 Å². The number of nitrogens with one attached hydrogen (secondary N) is 1. The summed E-state index contributed by atoms with van der Waals surface area (Å²) in [5, 5.41) is 13.2. The minimum Gasteiger partial charge on any atom is -0.398 e. The average molecular weight is 378 g/mol. The number of fused-ring (bicyclic) bond motifs is 1. The highest BCUT2D eigenvalue weighted by atomic mass is 16.5. The first kappa shape index (κ1) is 18.4. The van der Waals surface area contributed by atoms with E-state index in [1.807, 2.05) is 54.9 Å². The molecule has 0 saturated carbocycles. The zero-order valence-corrected chi connectivity index (χ0v) is 16.5. The molecule has 2 aromatic heterocycles. The predicted octanol–water partition coefficient (Wildman–Crippen LogP) is 3.23. The van der Waals surface area contributed by atoms with Crippen molar-refractivity contribution in [1.29, 1.82) is 5.41 Å². The number of hydrogen-bond acceptors (Lipinski definition) is 6. The first-order valence-corrected chi connectivity index (χ1v) is 9.64. The van der Waals surface area contributed by atoms with Crippen LogP contribution in [0.25, 0.3) is 16.9 Å². The number of anilines is 2. The molecule has 0 amide bonds. The molecule has 1 fully saturated rings. The number of rotatable bonds is 4. The summed E-state index contributed by atoms with van der Waals surface area (Å²) in [6.45, 7) is 8.42. The molecule has 3 N–H and O–H groups in total. The van der Waals surface area contributed by atoms with Gasteiger partial charge in [0, 0.05) is 35.6 Å². The van der Waals surface area contributed by atoms with Crippen molar-refractivity contribution in [3.63, 3.8) is 0 Å². The van der Waals surface area contributed by atoms with Crippen LogP contribution in [0.2, 0.25) is 0 Å². The highest BCUT2D eigenvalue weighted by Crippen LogP contribution is 2.27. The Morgan fingerprint density at radius 1 is 1.29 bits per heavy atom. The number of imidazole rings is 1. The molecule has 1 aromatic carbocycles. The number of ether oxygens (including phenoxy) is 1. The van der Waals surface area contributed by atoms with Gasteiger partial charge in [-0.05, 0) is 37.1 Å². The molecule has 0 radical (unpaired) electrons. The second-order valence-corrected chi connectivity index (χ2v) is 7.60. The summed E-state index contributed by atoms with van der Waals surface area (Å²) in [5.41, 5.74) is 10.7. The second-order valence-electron chi connectivity index (χ2n) is 7.60. The van der Waals surface area contributed by atoms with E-state index in [1.165, 1.54) is 0 Å². The SMILES string of the molecule is CC1CN(c2ccc3ncc(-c4ccc(N)c(C(=N)C(C)C)c4)n3n2)CCO1. The highest BCUT2D eigenvalue weighted by molar-refractivity contribution is 6.04. The lowest BCUT2D eigenvalue weighted by Gasteiger charge is -2.31. The molecular weight excluding hydrogens is 352 g/mol. The van der Waals surface area contributed by atoms with Crippen molar-refractivity contribution in [2.75, 3.05) is 30.3 Å². The predicted molar refractivity (Wildman–Crippen MR) is 112 cm³/mol. The van der Waals surface area contributed by atoms with Gasteiger partial charge in [0.05, 0.1) is 24.6 Å². The molecule has 0 aliphatic carbocycles. The molecule has 4 rings (SSSR count). The van der Waals surface area contributed by atoms with Crippen LogP contribution in [0, 0.1) is 11.3 Å². The summed E-state index contributed by atoms with van der Waals surface area (Å²) in [6, 6.07) is 9.77. The van der Waals surface area contributed by atoms with Gasteiger partial charge in [-0.3, -0.25) is 0 Å². The zero-order chi connectivity index (χ0) is 19.8. The molecule has 1 saturated heterocycles. The van der Waals surface area contributed by atoms with E-state index in [0.717, 1.165) is 41.4 Å². The van der Waals surface area contributed by atoms with Gasteiger partial charge in [-0.2, -0.15) is 0 Å². The molecule has 1 unspecified atom stereocenters. The monoisotopic (exact) mass is 378 g/mol. The Morgan fingerprint density at radius 2 is 2.11 bits per heavy atom. The Kier molecular flexibility index (Phi) is 4.77. The molecule has 146 valence electrons. The minimum absolute atomic E-state index is 0.104. The van der Waals surface area contributed by atoms with E-state index in [1.54, 1.807) is 0 Å². The van der Waals surface area contributed by atoms with Gasteiger partial charge >= 0.3 is 0 Å². The number of aromatic nitrogens is 3. The van der Waals surface area contributed by atoms with Crippen molar-refractivity contribution in [2.45, 2.75) is 26.9 Å². The summed E-state index contributed by atoms with van der Waals surface area (Å²) in [5.74, 6) is 1.01. The van der Waals surface area contributed by atoms with Crippen LogP contribution < -0.4 is 10.6 Å². The maximum atomic E-state index is 8.36. The normalized spacial score (nSPS) is 17.4. The second kappa shape index (κ2) is 7.24. The van der Waals surface area contributed by atoms with E-state index >= 15 is 0 Å². The van der Waals surface area contributed by atoms with Gasteiger partial charge in [0.1, 0.15) is 5.82 Å². The molecule has 0 spiro atoms. The third-order valence-corrected chi connectivity index (χ3v) is 5.13. The van der Waals surface area contributed by atoms with Crippen LogP contribution in [0.1, 0.15) is 26.3 Å². The third kappa shape index (κ3) is 3.33. The summed E-state index contributed by atoms with van der Waals surface area (Å²) in [6.07, 6.45) is 2.01. The van der Waals surface area contributed by atoms with Gasteiger partial charge < -0.3 is 20.8 Å². The summed E-state index contributed by atoms with van der Waals surface area (Å²) < 4.78 is 7.51. The van der Waals surface area contributed by atoms with Crippen LogP contribution in [0.15, 0.2) is 36.5 Å². The van der Waals surface area contributed by atoms with E-state index in [0.29, 0.717) is 18.0 Å². The molecule has 28 heavy (non-hydrogen) atoms. The summed E-state index contributed by atoms with van der Waals surface area (Å²) >= 11 is 0. The minimum atomic E-state index is 0.104. The third-order valence-electron chi connectivity index (χ3n) is 5.13. The van der Waals surface area contributed by atoms with Crippen LogP contribution in [0.3, 0.4) is 0 Å². The molecule has 3 aromatic rings. The fraction of sp³-hybridized carbons (Fsp3) is 0.381. The van der Waals surface area contributed by atoms with Crippen molar-refractivity contribution < 1.29 is 4.74 Å². The number of nitrogens with zero attached hydrogens (tertiary/aromatic N) is 4. The van der Waals surface area contributed by atoms with Crippen LogP contribution in [0.4, 0.5) is 11.5 Å². The molecular formula is C21H26N6O. The van der Waals surface area contributed by atoms with Crippen LogP contribution in [-0.2, 0) is 4.74 Å². The maximum absolute atomic E-state index is 8.36. The standard InChI is InChI=1S/C21H26N6O/c1-13(2)21(23)16-10-15(4-5-17(16)22)18-11-24-19-6-7-20(25-27(18)19)26-8-9-28-14(3)12-26/h4-7,10-11,13-14,23H,8-9,12,22H2,1-3H3. The topological polar surface area (TPSA) is 92.5 Å². The van der Waals surface area contributed by atoms with E-state index in [4.69, 9.17) is 21.0 Å². The number of benzene rings is 1. The van der Waals surface area contributed by atoms with E-state index in [9.17, 15) is 0 Å². The van der Waals surface area contributed by atoms with Gasteiger partial charge in [-0.1, -0.05) is 19.9 Å². The fourth-order valence-electron chi connectivity index (χ4n) is 3.52. The number of nitrogens with two attached hydrogens (primary N) is 1. The fourth-order valence-corrected chi connectivity index (χ4v) is 3.52. The Hall–Kier alpha value is -2.93. The molecule has 1 aliphatic heterocycles. The first-order chi connectivity index (χ1) is 13.4. The molecule has 3 heterocycles. The Balaban J connectivity index is 1.76. The molecule has 7 nitrogen and oxygen atoms in total. The van der Waals surface area contributed by atoms with Crippen LogP contribution in [-0.4, -0.2) is 46.1 Å². The molecule has 0 bridgehead atoms. The van der Waals surface area contributed by atoms with Crippen molar-refractivity contribution in [1.82, 2.24) is 14.6 Å². The average Bonchev–Trinajstić information content (AvgIpc) is 3.11. The van der Waals surface area contributed by atoms with Gasteiger partial charge in [-0.25, -0.2) is 9.50 Å². The maximum Gasteiger partial charge on any atom is 0.154 e. The van der Waals surface area contributed by atoms with Gasteiger partial charge in [0.2, 0.25) is 0 Å². The quantitative estimate of drug-likeness (QED) is 0.537. The molecule has 1 aliphatic rings. The zero-order valence-electron chi connectivity index (χ0n) is 16.5. The van der Waals surface area contributed by atoms with Crippen LogP contribution >= 0.6 is 0 Å².